The molecular formula is C34H25Cl2IN2O3. The molecule has 0 saturated carbocycles. The van der Waals surface area contributed by atoms with Gasteiger partial charge in [-0.05, 0) is 71.8 Å². The van der Waals surface area contributed by atoms with Crippen molar-refractivity contribution >= 4 is 57.9 Å². The van der Waals surface area contributed by atoms with Crippen LogP contribution in [0.25, 0.3) is 22.5 Å². The smallest absolute Gasteiger partial charge is 0.238 e. The highest BCUT2D eigenvalue weighted by molar-refractivity contribution is 14.1. The molecule has 0 radical (unpaired) electrons. The zero-order chi connectivity index (χ0) is 29.8. The number of rotatable bonds is 8. The molecule has 210 valence electrons. The topological polar surface area (TPSA) is 67.8 Å². The summed E-state index contributed by atoms with van der Waals surface area (Å²) in [4.78, 5) is 4.63. The van der Waals surface area contributed by atoms with E-state index in [-0.39, 0.29) is 12.5 Å². The summed E-state index contributed by atoms with van der Waals surface area (Å²) in [7, 11) is 1.58. The highest BCUT2D eigenvalue weighted by atomic mass is 127. The van der Waals surface area contributed by atoms with Crippen LogP contribution in [0.1, 0.15) is 27.8 Å². The van der Waals surface area contributed by atoms with E-state index in [2.05, 4.69) is 33.7 Å². The predicted octanol–water partition coefficient (Wildman–Crippen LogP) is 10.4. The lowest BCUT2D eigenvalue weighted by atomic mass is 9.97. The molecule has 0 fully saturated rings. The third-order valence-electron chi connectivity index (χ3n) is 6.63. The van der Waals surface area contributed by atoms with Gasteiger partial charge in [-0.3, -0.25) is 0 Å². The molecule has 5 rings (SSSR count). The Hall–Kier alpha value is -3.77. The van der Waals surface area contributed by atoms with Crippen LogP contribution in [0.5, 0.6) is 11.5 Å². The Balaban J connectivity index is 1.50. The third-order valence-corrected chi connectivity index (χ3v) is 8.01. The molecule has 1 aromatic heterocycles. The fourth-order valence-electron chi connectivity index (χ4n) is 4.39. The first-order valence-corrected chi connectivity index (χ1v) is 14.8. The molecule has 42 heavy (non-hydrogen) atoms. The Morgan fingerprint density at radius 1 is 0.929 bits per heavy atom. The van der Waals surface area contributed by atoms with Gasteiger partial charge in [0.2, 0.25) is 5.88 Å². The zero-order valence-electron chi connectivity index (χ0n) is 23.0. The summed E-state index contributed by atoms with van der Waals surface area (Å²) >= 11 is 14.5. The van der Waals surface area contributed by atoms with E-state index in [1.165, 1.54) is 0 Å². The van der Waals surface area contributed by atoms with Gasteiger partial charge in [0, 0.05) is 33.0 Å². The highest BCUT2D eigenvalue weighted by Crippen LogP contribution is 2.43. The monoisotopic (exact) mass is 706 g/mol. The lowest BCUT2D eigenvalue weighted by Gasteiger charge is -2.14. The van der Waals surface area contributed by atoms with Crippen molar-refractivity contribution in [2.75, 3.05) is 7.11 Å². The summed E-state index contributed by atoms with van der Waals surface area (Å²) in [5, 5.41) is 11.3. The van der Waals surface area contributed by atoms with E-state index in [4.69, 9.17) is 37.1 Å². The number of nitriles is 1. The van der Waals surface area contributed by atoms with Crippen molar-refractivity contribution in [1.82, 2.24) is 0 Å². The third kappa shape index (κ3) is 6.49. The predicted molar refractivity (Wildman–Crippen MR) is 178 cm³/mol. The van der Waals surface area contributed by atoms with Crippen molar-refractivity contribution < 1.29 is 13.9 Å². The van der Waals surface area contributed by atoms with Crippen LogP contribution in [0.2, 0.25) is 10.0 Å². The van der Waals surface area contributed by atoms with E-state index in [0.717, 1.165) is 37.0 Å². The van der Waals surface area contributed by atoms with Gasteiger partial charge in [0.1, 0.15) is 24.0 Å². The van der Waals surface area contributed by atoms with Crippen LogP contribution in [-0.2, 0) is 6.61 Å². The Bertz CT molecular complexity index is 1820. The standard InChI is InChI=1S/C34H25Cl2IN2O3/c1-20-4-8-23(9-5-20)31-27(17-38)34(42-32(31)24-10-6-21(2)7-11-24)39-18-22-14-29(37)33(30(15-22)40-3)41-19-25-12-13-26(35)16-28(25)36/h4-16,18H,19H2,1-3H3. The lowest BCUT2D eigenvalue weighted by Crippen LogP contribution is -2.01. The minimum Gasteiger partial charge on any atom is -0.493 e. The first-order valence-electron chi connectivity index (χ1n) is 13.0. The fraction of sp³-hybridized carbons (Fsp3) is 0.118. The van der Waals surface area contributed by atoms with E-state index in [1.54, 1.807) is 25.5 Å². The van der Waals surface area contributed by atoms with Crippen LogP contribution in [0.15, 0.2) is 88.3 Å². The number of benzene rings is 4. The van der Waals surface area contributed by atoms with Gasteiger partial charge in [-0.25, -0.2) is 4.99 Å². The molecule has 0 aliphatic rings. The van der Waals surface area contributed by atoms with Gasteiger partial charge in [-0.15, -0.1) is 0 Å². The van der Waals surface area contributed by atoms with Gasteiger partial charge < -0.3 is 13.9 Å². The SMILES string of the molecule is COc1cc(C=Nc2oc(-c3ccc(C)cc3)c(-c3ccc(C)cc3)c2C#N)cc(I)c1OCc1ccc(Cl)cc1Cl. The Morgan fingerprint density at radius 3 is 2.21 bits per heavy atom. The summed E-state index contributed by atoms with van der Waals surface area (Å²) < 4.78 is 18.8. The summed E-state index contributed by atoms with van der Waals surface area (Å²) in [5.41, 5.74) is 6.65. The van der Waals surface area contributed by atoms with Crippen LogP contribution < -0.4 is 9.47 Å². The molecule has 8 heteroatoms. The van der Waals surface area contributed by atoms with E-state index < -0.39 is 0 Å². The van der Waals surface area contributed by atoms with E-state index >= 15 is 0 Å². The van der Waals surface area contributed by atoms with Gasteiger partial charge in [0.15, 0.2) is 11.5 Å². The van der Waals surface area contributed by atoms with Crippen LogP contribution >= 0.6 is 45.8 Å². The number of furan rings is 1. The van der Waals surface area contributed by atoms with Crippen molar-refractivity contribution in [3.05, 3.63) is 120 Å². The van der Waals surface area contributed by atoms with Gasteiger partial charge >= 0.3 is 0 Å². The van der Waals surface area contributed by atoms with Crippen LogP contribution in [-0.4, -0.2) is 13.3 Å². The minimum atomic E-state index is 0.232. The van der Waals surface area contributed by atoms with Gasteiger partial charge in [0.25, 0.3) is 0 Å². The number of hydrogen-bond donors (Lipinski definition) is 0. The number of aliphatic imine (C=N–C) groups is 1. The highest BCUT2D eigenvalue weighted by Gasteiger charge is 2.23. The molecular weight excluding hydrogens is 682 g/mol. The average molecular weight is 707 g/mol. The molecule has 1 heterocycles. The number of hydrogen-bond acceptors (Lipinski definition) is 5. The molecule has 0 saturated heterocycles. The largest absolute Gasteiger partial charge is 0.493 e. The van der Waals surface area contributed by atoms with Crippen LogP contribution in [0.4, 0.5) is 5.88 Å². The van der Waals surface area contributed by atoms with Crippen molar-refractivity contribution in [3.63, 3.8) is 0 Å². The lowest BCUT2D eigenvalue weighted by molar-refractivity contribution is 0.282. The summed E-state index contributed by atoms with van der Waals surface area (Å²) in [6, 6.07) is 27.4. The molecule has 0 aliphatic carbocycles. The number of aryl methyl sites for hydroxylation is 2. The number of nitrogens with zero attached hydrogens (tertiary/aromatic N) is 2. The Kier molecular flexibility index (Phi) is 9.22. The molecule has 0 aliphatic heterocycles. The zero-order valence-corrected chi connectivity index (χ0v) is 26.7. The summed E-state index contributed by atoms with van der Waals surface area (Å²) in [5.74, 6) is 1.95. The summed E-state index contributed by atoms with van der Waals surface area (Å²) in [6.07, 6.45) is 1.65. The number of halogens is 3. The second-order valence-electron chi connectivity index (χ2n) is 9.65. The van der Waals surface area contributed by atoms with Gasteiger partial charge in [0.05, 0.1) is 10.7 Å². The molecule has 0 bridgehead atoms. The van der Waals surface area contributed by atoms with Crippen molar-refractivity contribution in [1.29, 1.82) is 5.26 Å². The quantitative estimate of drug-likeness (QED) is 0.119. The first-order chi connectivity index (χ1) is 20.3. The van der Waals surface area contributed by atoms with Gasteiger partial charge in [-0.2, -0.15) is 5.26 Å². The average Bonchev–Trinajstić information content (AvgIpc) is 3.35. The second kappa shape index (κ2) is 13.0. The molecule has 0 N–H and O–H groups in total. The molecule has 0 unspecified atom stereocenters. The van der Waals surface area contributed by atoms with E-state index in [1.807, 2.05) is 80.6 Å². The maximum absolute atomic E-state index is 10.2. The second-order valence-corrected chi connectivity index (χ2v) is 11.7. The Labute approximate surface area is 268 Å². The van der Waals surface area contributed by atoms with Crippen LogP contribution in [0, 0.1) is 28.7 Å². The Morgan fingerprint density at radius 2 is 1.60 bits per heavy atom. The van der Waals surface area contributed by atoms with Crippen LogP contribution in [0.3, 0.4) is 0 Å². The van der Waals surface area contributed by atoms with E-state index in [9.17, 15) is 5.26 Å². The maximum Gasteiger partial charge on any atom is 0.238 e. The number of methoxy groups -OCH3 is 1. The molecule has 4 aromatic carbocycles. The molecule has 0 spiro atoms. The van der Waals surface area contributed by atoms with Crippen molar-refractivity contribution in [3.8, 4) is 40.0 Å². The molecule has 5 nitrogen and oxygen atoms in total. The minimum absolute atomic E-state index is 0.232. The van der Waals surface area contributed by atoms with Gasteiger partial charge in [-0.1, -0.05) is 88.9 Å². The fourth-order valence-corrected chi connectivity index (χ4v) is 5.64. The molecule has 5 aromatic rings. The first kappa shape index (κ1) is 29.7. The summed E-state index contributed by atoms with van der Waals surface area (Å²) in [6.45, 7) is 4.30. The van der Waals surface area contributed by atoms with Crippen molar-refractivity contribution in [2.45, 2.75) is 20.5 Å². The maximum atomic E-state index is 10.2. The normalized spacial score (nSPS) is 11.1. The molecule has 0 atom stereocenters. The number of ether oxygens (including phenoxy) is 2. The van der Waals surface area contributed by atoms with Crippen molar-refractivity contribution in [2.24, 2.45) is 4.99 Å². The van der Waals surface area contributed by atoms with E-state index in [0.29, 0.717) is 38.4 Å². The molecule has 0 amide bonds.